The van der Waals surface area contributed by atoms with Gasteiger partial charge in [-0.25, -0.2) is 0 Å². The summed E-state index contributed by atoms with van der Waals surface area (Å²) in [6, 6.07) is 14.6. The topological polar surface area (TPSA) is 96.9 Å². The molecule has 0 atom stereocenters. The Morgan fingerprint density at radius 2 is 1.77 bits per heavy atom. The Balaban J connectivity index is 1.98. The Morgan fingerprint density at radius 1 is 1.05 bits per heavy atom. The van der Waals surface area contributed by atoms with Crippen molar-refractivity contribution in [2.24, 2.45) is 5.11 Å². The van der Waals surface area contributed by atoms with Gasteiger partial charge in [0, 0.05) is 16.0 Å². The van der Waals surface area contributed by atoms with Crippen molar-refractivity contribution in [3.05, 3.63) is 59.0 Å². The largest absolute Gasteiger partial charge is 0.496 e. The van der Waals surface area contributed by atoms with Crippen LogP contribution in [0.15, 0.2) is 58.1 Å². The van der Waals surface area contributed by atoms with Crippen LogP contribution >= 0.6 is 0 Å². The van der Waals surface area contributed by atoms with Gasteiger partial charge in [0.05, 0.1) is 12.8 Å². The lowest BCUT2D eigenvalue weighted by Gasteiger charge is -2.04. The molecule has 3 aromatic rings. The molecule has 0 spiro atoms. The molecule has 3 rings (SSSR count). The van der Waals surface area contributed by atoms with E-state index < -0.39 is 0 Å². The SMILES string of the molecule is COc1cc(-c2nnc(-c3ccccc3)o2)ccc1N=[N+]=[N-]. The summed E-state index contributed by atoms with van der Waals surface area (Å²) in [5.74, 6) is 1.24. The standard InChI is InChI=1S/C15H11N5O2/c1-21-13-9-11(7-8-12(13)17-20-16)15-19-18-14(22-15)10-5-3-2-4-6-10/h2-9H,1H3. The fourth-order valence-electron chi connectivity index (χ4n) is 1.98. The van der Waals surface area contributed by atoms with Crippen LogP contribution in [0.25, 0.3) is 33.4 Å². The van der Waals surface area contributed by atoms with E-state index in [0.717, 1.165) is 5.56 Å². The normalized spacial score (nSPS) is 10.0. The molecule has 0 N–H and O–H groups in total. The van der Waals surface area contributed by atoms with Crippen LogP contribution in [0.3, 0.4) is 0 Å². The van der Waals surface area contributed by atoms with Crippen LogP contribution in [-0.4, -0.2) is 17.3 Å². The maximum atomic E-state index is 8.52. The second-order valence-corrected chi connectivity index (χ2v) is 4.35. The van der Waals surface area contributed by atoms with Crippen LogP contribution in [0.4, 0.5) is 5.69 Å². The van der Waals surface area contributed by atoms with Gasteiger partial charge in [-0.15, -0.1) is 10.2 Å². The van der Waals surface area contributed by atoms with E-state index in [-0.39, 0.29) is 0 Å². The molecule has 1 aromatic heterocycles. The van der Waals surface area contributed by atoms with E-state index in [4.69, 9.17) is 14.7 Å². The predicted octanol–water partition coefficient (Wildman–Crippen LogP) is 4.35. The first-order valence-electron chi connectivity index (χ1n) is 6.44. The van der Waals surface area contributed by atoms with Crippen molar-refractivity contribution in [3.63, 3.8) is 0 Å². The molecule has 0 amide bonds. The van der Waals surface area contributed by atoms with Crippen LogP contribution in [0, 0.1) is 0 Å². The highest BCUT2D eigenvalue weighted by Crippen LogP contribution is 2.33. The lowest BCUT2D eigenvalue weighted by atomic mass is 10.2. The average Bonchev–Trinajstić information content (AvgIpc) is 3.06. The van der Waals surface area contributed by atoms with E-state index in [1.54, 1.807) is 18.2 Å². The third kappa shape index (κ3) is 2.61. The number of azide groups is 1. The lowest BCUT2D eigenvalue weighted by Crippen LogP contribution is -1.85. The van der Waals surface area contributed by atoms with E-state index in [0.29, 0.717) is 28.8 Å². The first-order valence-corrected chi connectivity index (χ1v) is 6.44. The van der Waals surface area contributed by atoms with Crippen molar-refractivity contribution in [3.8, 4) is 28.7 Å². The zero-order valence-corrected chi connectivity index (χ0v) is 11.7. The van der Waals surface area contributed by atoms with Crippen LogP contribution in [-0.2, 0) is 0 Å². The fourth-order valence-corrected chi connectivity index (χ4v) is 1.98. The summed E-state index contributed by atoms with van der Waals surface area (Å²) in [6.45, 7) is 0. The van der Waals surface area contributed by atoms with Gasteiger partial charge in [0.15, 0.2) is 0 Å². The Labute approximate surface area is 125 Å². The molecule has 0 fully saturated rings. The number of ether oxygens (including phenoxy) is 1. The molecule has 2 aromatic carbocycles. The van der Waals surface area contributed by atoms with E-state index in [2.05, 4.69) is 20.2 Å². The number of methoxy groups -OCH3 is 1. The van der Waals surface area contributed by atoms with Crippen molar-refractivity contribution in [2.45, 2.75) is 0 Å². The molecule has 0 saturated carbocycles. The summed E-state index contributed by atoms with van der Waals surface area (Å²) in [6.07, 6.45) is 0. The van der Waals surface area contributed by atoms with Gasteiger partial charge in [0.25, 0.3) is 0 Å². The van der Waals surface area contributed by atoms with Crippen molar-refractivity contribution < 1.29 is 9.15 Å². The van der Waals surface area contributed by atoms with Crippen LogP contribution in [0.2, 0.25) is 0 Å². The van der Waals surface area contributed by atoms with Crippen LogP contribution in [0.5, 0.6) is 5.75 Å². The van der Waals surface area contributed by atoms with E-state index in [1.165, 1.54) is 7.11 Å². The second-order valence-electron chi connectivity index (χ2n) is 4.35. The van der Waals surface area contributed by atoms with Crippen molar-refractivity contribution in [1.29, 1.82) is 0 Å². The minimum absolute atomic E-state index is 0.365. The summed E-state index contributed by atoms with van der Waals surface area (Å²) in [4.78, 5) is 2.75. The first-order chi connectivity index (χ1) is 10.8. The van der Waals surface area contributed by atoms with Gasteiger partial charge in [-0.3, -0.25) is 0 Å². The summed E-state index contributed by atoms with van der Waals surface area (Å²) < 4.78 is 10.9. The molecule has 1 heterocycles. The molecule has 0 unspecified atom stereocenters. The van der Waals surface area contributed by atoms with Gasteiger partial charge in [-0.1, -0.05) is 23.3 Å². The monoisotopic (exact) mass is 293 g/mol. The highest BCUT2D eigenvalue weighted by Gasteiger charge is 2.12. The van der Waals surface area contributed by atoms with Crippen LogP contribution in [0.1, 0.15) is 0 Å². The molecule has 0 saturated heterocycles. The third-order valence-electron chi connectivity index (χ3n) is 3.02. The number of rotatable bonds is 4. The van der Waals surface area contributed by atoms with E-state index in [9.17, 15) is 0 Å². The molecule has 108 valence electrons. The summed E-state index contributed by atoms with van der Waals surface area (Å²) >= 11 is 0. The highest BCUT2D eigenvalue weighted by atomic mass is 16.5. The molecular formula is C15H11N5O2. The maximum Gasteiger partial charge on any atom is 0.248 e. The summed E-state index contributed by atoms with van der Waals surface area (Å²) in [5, 5.41) is 11.6. The van der Waals surface area contributed by atoms with Crippen molar-refractivity contribution >= 4 is 5.69 Å². The zero-order valence-electron chi connectivity index (χ0n) is 11.7. The van der Waals surface area contributed by atoms with Crippen LogP contribution < -0.4 is 4.74 Å². The molecular weight excluding hydrogens is 282 g/mol. The predicted molar refractivity (Wildman–Crippen MR) is 80.5 cm³/mol. The number of benzene rings is 2. The zero-order chi connectivity index (χ0) is 15.4. The molecule has 0 radical (unpaired) electrons. The second kappa shape index (κ2) is 5.99. The molecule has 0 aliphatic heterocycles. The molecule has 7 nitrogen and oxygen atoms in total. The fraction of sp³-hybridized carbons (Fsp3) is 0.0667. The molecule has 0 aliphatic carbocycles. The molecule has 7 heteroatoms. The first kappa shape index (κ1) is 13.7. The summed E-state index contributed by atoms with van der Waals surface area (Å²) in [7, 11) is 1.50. The average molecular weight is 293 g/mol. The quantitative estimate of drug-likeness (QED) is 0.405. The Morgan fingerprint density at radius 3 is 2.45 bits per heavy atom. The minimum atomic E-state index is 0.365. The minimum Gasteiger partial charge on any atom is -0.496 e. The van der Waals surface area contributed by atoms with Gasteiger partial charge >= 0.3 is 0 Å². The highest BCUT2D eigenvalue weighted by molar-refractivity contribution is 5.65. The van der Waals surface area contributed by atoms with Crippen molar-refractivity contribution in [1.82, 2.24) is 10.2 Å². The number of aromatic nitrogens is 2. The van der Waals surface area contributed by atoms with Gasteiger partial charge < -0.3 is 9.15 Å². The molecule has 0 bridgehead atoms. The number of nitrogens with zero attached hydrogens (tertiary/aromatic N) is 5. The van der Waals surface area contributed by atoms with E-state index >= 15 is 0 Å². The van der Waals surface area contributed by atoms with Gasteiger partial charge in [-0.2, -0.15) is 0 Å². The maximum absolute atomic E-state index is 8.52. The third-order valence-corrected chi connectivity index (χ3v) is 3.02. The Bertz CT molecular complexity index is 838. The summed E-state index contributed by atoms with van der Waals surface area (Å²) in [5.41, 5.74) is 10.4. The number of hydrogen-bond acceptors (Lipinski definition) is 5. The molecule has 0 aliphatic rings. The van der Waals surface area contributed by atoms with Gasteiger partial charge in [-0.05, 0) is 35.9 Å². The number of hydrogen-bond donors (Lipinski definition) is 0. The smallest absolute Gasteiger partial charge is 0.248 e. The lowest BCUT2D eigenvalue weighted by molar-refractivity contribution is 0.416. The Kier molecular flexibility index (Phi) is 3.72. The Hall–Kier alpha value is -3.31. The van der Waals surface area contributed by atoms with E-state index in [1.807, 2.05) is 30.3 Å². The van der Waals surface area contributed by atoms with Crippen molar-refractivity contribution in [2.75, 3.05) is 7.11 Å². The van der Waals surface area contributed by atoms with Gasteiger partial charge in [0.2, 0.25) is 11.8 Å². The molecule has 22 heavy (non-hydrogen) atoms. The van der Waals surface area contributed by atoms with Gasteiger partial charge in [0.1, 0.15) is 5.75 Å².